The molecule has 9 N–H and O–H groups in total. The molecule has 0 aromatic rings. The first kappa shape index (κ1) is 84.0. The van der Waals surface area contributed by atoms with Gasteiger partial charge in [0.05, 0.1) is 32.0 Å². The average Bonchev–Trinajstić information content (AvgIpc) is 0.830. The maximum absolute atomic E-state index is 13.3. The van der Waals surface area contributed by atoms with Gasteiger partial charge in [-0.2, -0.15) is 0 Å². The highest BCUT2D eigenvalue weighted by atomic mass is 16.7. The number of amides is 1. The van der Waals surface area contributed by atoms with Crippen LogP contribution in [0.1, 0.15) is 245 Å². The van der Waals surface area contributed by atoms with E-state index in [4.69, 9.17) is 18.9 Å². The third-order valence-corrected chi connectivity index (χ3v) is 16.5. The fourth-order valence-corrected chi connectivity index (χ4v) is 10.8. The summed E-state index contributed by atoms with van der Waals surface area (Å²) in [4.78, 5) is 13.3. The van der Waals surface area contributed by atoms with Gasteiger partial charge in [0.1, 0.15) is 48.8 Å². The number of unbranched alkanes of at least 4 members (excludes halogenated alkanes) is 22. The Hall–Kier alpha value is -4.13. The first-order chi connectivity index (χ1) is 45.1. The van der Waals surface area contributed by atoms with Crippen LogP contribution in [0.2, 0.25) is 0 Å². The van der Waals surface area contributed by atoms with E-state index in [9.17, 15) is 45.6 Å². The van der Waals surface area contributed by atoms with E-state index in [2.05, 4.69) is 153 Å². The second-order valence-electron chi connectivity index (χ2n) is 24.6. The molecule has 12 unspecified atom stereocenters. The highest BCUT2D eigenvalue weighted by Crippen LogP contribution is 2.30. The van der Waals surface area contributed by atoms with Gasteiger partial charge < -0.3 is 65.1 Å². The summed E-state index contributed by atoms with van der Waals surface area (Å²) in [6.45, 7) is 2.65. The van der Waals surface area contributed by atoms with Crippen LogP contribution in [0.4, 0.5) is 0 Å². The smallest absolute Gasteiger partial charge is 0.220 e. The van der Waals surface area contributed by atoms with Gasteiger partial charge in [-0.1, -0.05) is 269 Å². The van der Waals surface area contributed by atoms with Gasteiger partial charge in [-0.25, -0.2) is 0 Å². The predicted molar refractivity (Wildman–Crippen MR) is 378 cm³/mol. The minimum Gasteiger partial charge on any atom is -0.394 e. The van der Waals surface area contributed by atoms with Gasteiger partial charge in [0, 0.05) is 6.42 Å². The van der Waals surface area contributed by atoms with Crippen molar-refractivity contribution in [1.29, 1.82) is 0 Å². The number of aliphatic hydroxyl groups is 8. The second kappa shape index (κ2) is 60.5. The molecule has 1 amide bonds. The van der Waals surface area contributed by atoms with Crippen molar-refractivity contribution in [3.05, 3.63) is 146 Å². The first-order valence-electron chi connectivity index (χ1n) is 36.1. The zero-order valence-corrected chi connectivity index (χ0v) is 57.0. The Morgan fingerprint density at radius 2 is 0.761 bits per heavy atom. The lowest BCUT2D eigenvalue weighted by atomic mass is 9.97. The van der Waals surface area contributed by atoms with Crippen LogP contribution >= 0.6 is 0 Å². The van der Waals surface area contributed by atoms with Crippen molar-refractivity contribution >= 4 is 5.91 Å². The Balaban J connectivity index is 1.70. The average molecular weight is 1290 g/mol. The fourth-order valence-electron chi connectivity index (χ4n) is 10.8. The molecule has 2 aliphatic heterocycles. The highest BCUT2D eigenvalue weighted by molar-refractivity contribution is 5.76. The van der Waals surface area contributed by atoms with Gasteiger partial charge in [0.2, 0.25) is 5.91 Å². The summed E-state index contributed by atoms with van der Waals surface area (Å²) < 4.78 is 22.8. The van der Waals surface area contributed by atoms with E-state index in [0.29, 0.717) is 12.8 Å². The zero-order valence-electron chi connectivity index (χ0n) is 57.0. The van der Waals surface area contributed by atoms with Crippen molar-refractivity contribution in [2.24, 2.45) is 0 Å². The van der Waals surface area contributed by atoms with E-state index in [0.717, 1.165) is 128 Å². The molecular formula is C78H129NO13. The molecule has 14 heteroatoms. The summed E-state index contributed by atoms with van der Waals surface area (Å²) in [5.74, 6) is -0.270. The molecule has 0 spiro atoms. The maximum Gasteiger partial charge on any atom is 0.220 e. The van der Waals surface area contributed by atoms with Crippen molar-refractivity contribution in [2.75, 3.05) is 19.8 Å². The van der Waals surface area contributed by atoms with Gasteiger partial charge >= 0.3 is 0 Å². The lowest BCUT2D eigenvalue weighted by Crippen LogP contribution is -2.65. The summed E-state index contributed by atoms with van der Waals surface area (Å²) in [7, 11) is 0. The molecule has 14 nitrogen and oxygen atoms in total. The number of hydrogen-bond acceptors (Lipinski definition) is 13. The van der Waals surface area contributed by atoms with Gasteiger partial charge in [-0.3, -0.25) is 4.79 Å². The third kappa shape index (κ3) is 43.8. The SMILES string of the molecule is CC/C=C\C/C=C\C/C=C\C/C=C\C/C=C\C/C=C\C/C=C\C/C=C\C/C=C\CCCCCCCCCC(=O)NC(COC1OC(CO)C(OC2OC(CO)C(O)C(O)C2O)C(O)C1O)C(O)/C=C/CC/C=C/CC/C=C/CCCCCCCCCCCCCCC. The topological polar surface area (TPSA) is 228 Å². The van der Waals surface area contributed by atoms with Crippen LogP contribution in [0, 0.1) is 0 Å². The molecule has 0 saturated carbocycles. The predicted octanol–water partition coefficient (Wildman–Crippen LogP) is 15.2. The van der Waals surface area contributed by atoms with Crippen molar-refractivity contribution in [1.82, 2.24) is 5.32 Å². The number of hydrogen-bond donors (Lipinski definition) is 9. The van der Waals surface area contributed by atoms with Gasteiger partial charge in [0.15, 0.2) is 12.6 Å². The van der Waals surface area contributed by atoms with Crippen LogP contribution in [0.15, 0.2) is 146 Å². The Bertz CT molecular complexity index is 2110. The number of allylic oxidation sites excluding steroid dienone is 23. The molecule has 2 heterocycles. The Labute approximate surface area is 557 Å². The van der Waals surface area contributed by atoms with E-state index < -0.39 is 86.8 Å². The fraction of sp³-hybridized carbons (Fsp3) is 0.679. The zero-order chi connectivity index (χ0) is 66.6. The Kier molecular flexibility index (Phi) is 55.2. The minimum atomic E-state index is -1.80. The maximum atomic E-state index is 13.3. The van der Waals surface area contributed by atoms with E-state index in [-0.39, 0.29) is 18.9 Å². The Morgan fingerprint density at radius 3 is 1.20 bits per heavy atom. The summed E-state index contributed by atoms with van der Waals surface area (Å²) >= 11 is 0. The third-order valence-electron chi connectivity index (χ3n) is 16.5. The summed E-state index contributed by atoms with van der Waals surface area (Å²) in [6, 6.07) is -0.957. The standard InChI is InChI=1S/C78H129NO13/c1-3-5-7-9-11-13-15-17-19-21-23-25-27-28-29-30-31-32-33-34-35-36-37-38-40-42-44-46-48-50-52-54-56-58-60-62-70(83)79-66(65-89-77-75(88)73(86)76(69(64-81)91-77)92-78-74(87)72(85)71(84)68(63-80)90-78)67(82)61-59-57-55-53-51-49-47-45-43-41-39-26-24-22-20-18-16-14-12-10-8-6-4-2/h5,7,11,13,17,19,23,25,28-29,31-32,34-35,37-38,42-45,51,53,59,61,66-69,71-78,80-82,84-88H,3-4,6,8-10,12,14-16,18,20-22,24,26-27,30,33,36,39-41,46-50,52,54-58,60,62-65H2,1-2H3,(H,79,83)/b7-5-,13-11-,19-17-,25-23-,29-28-,32-31-,35-34-,38-37-,44-42-,45-43+,53-51+,61-59+. The number of rotatable bonds is 57. The van der Waals surface area contributed by atoms with Crippen molar-refractivity contribution in [3.63, 3.8) is 0 Å². The largest absolute Gasteiger partial charge is 0.394 e. The molecule has 2 saturated heterocycles. The summed E-state index contributed by atoms with van der Waals surface area (Å²) in [5.41, 5.74) is 0. The van der Waals surface area contributed by atoms with E-state index in [1.165, 1.54) is 83.5 Å². The lowest BCUT2D eigenvalue weighted by Gasteiger charge is -2.46. The number of carbonyl (C=O) groups excluding carboxylic acids is 1. The second-order valence-corrected chi connectivity index (χ2v) is 24.6. The molecule has 524 valence electrons. The molecule has 2 rings (SSSR count). The van der Waals surface area contributed by atoms with Gasteiger partial charge in [-0.15, -0.1) is 0 Å². The molecule has 0 aliphatic carbocycles. The van der Waals surface area contributed by atoms with Crippen LogP contribution in [0.25, 0.3) is 0 Å². The van der Waals surface area contributed by atoms with Crippen LogP contribution in [-0.2, 0) is 23.7 Å². The molecule has 2 aliphatic rings. The van der Waals surface area contributed by atoms with E-state index in [1.54, 1.807) is 6.08 Å². The molecule has 0 aromatic carbocycles. The molecule has 0 radical (unpaired) electrons. The minimum absolute atomic E-state index is 0.247. The quantitative estimate of drug-likeness (QED) is 0.0204. The molecule has 2 fully saturated rings. The van der Waals surface area contributed by atoms with Gasteiger partial charge in [-0.05, 0) is 116 Å². The van der Waals surface area contributed by atoms with Crippen molar-refractivity contribution in [2.45, 2.75) is 319 Å². The van der Waals surface area contributed by atoms with Crippen molar-refractivity contribution in [3.8, 4) is 0 Å². The molecule has 0 aromatic heterocycles. The molecular weight excluding hydrogens is 1160 g/mol. The molecule has 92 heavy (non-hydrogen) atoms. The van der Waals surface area contributed by atoms with Crippen LogP contribution < -0.4 is 5.32 Å². The van der Waals surface area contributed by atoms with Crippen LogP contribution in [0.5, 0.6) is 0 Å². The first-order valence-corrected chi connectivity index (χ1v) is 36.1. The normalized spacial score (nSPS) is 23.6. The number of carbonyl (C=O) groups is 1. The number of nitrogens with one attached hydrogen (secondary N) is 1. The summed E-state index contributed by atoms with van der Waals surface area (Å²) in [6.07, 6.45) is 74.6. The highest BCUT2D eigenvalue weighted by Gasteiger charge is 2.51. The Morgan fingerprint density at radius 1 is 0.402 bits per heavy atom. The van der Waals surface area contributed by atoms with E-state index >= 15 is 0 Å². The number of aliphatic hydroxyl groups excluding tert-OH is 8. The van der Waals surface area contributed by atoms with Crippen LogP contribution in [-0.4, -0.2) is 140 Å². The van der Waals surface area contributed by atoms with Crippen molar-refractivity contribution < 1.29 is 64.6 Å². The van der Waals surface area contributed by atoms with E-state index in [1.807, 2.05) is 6.08 Å². The lowest BCUT2D eigenvalue weighted by molar-refractivity contribution is -0.359. The molecule has 12 atom stereocenters. The number of ether oxygens (including phenoxy) is 4. The van der Waals surface area contributed by atoms with Gasteiger partial charge in [0.25, 0.3) is 0 Å². The summed E-state index contributed by atoms with van der Waals surface area (Å²) in [5, 5.41) is 87.4. The van der Waals surface area contributed by atoms with Crippen LogP contribution in [0.3, 0.4) is 0 Å². The molecule has 0 bridgehead atoms. The monoisotopic (exact) mass is 1290 g/mol.